The molecule has 2 aromatic rings. The van der Waals surface area contributed by atoms with Crippen LogP contribution in [0.3, 0.4) is 0 Å². The number of rotatable bonds is 4. The molecule has 1 aliphatic carbocycles. The molecule has 11 heteroatoms. The summed E-state index contributed by atoms with van der Waals surface area (Å²) in [5.74, 6) is -1.58. The van der Waals surface area contributed by atoms with Crippen molar-refractivity contribution in [3.63, 3.8) is 0 Å². The lowest BCUT2D eigenvalue weighted by atomic mass is 9.41. The molecule has 3 aliphatic heterocycles. The van der Waals surface area contributed by atoms with Gasteiger partial charge in [-0.3, -0.25) is 15.0 Å². The average molecular weight is 550 g/mol. The molecule has 1 unspecified atom stereocenters. The summed E-state index contributed by atoms with van der Waals surface area (Å²) >= 11 is 0. The first-order chi connectivity index (χ1) is 19.2. The lowest BCUT2D eigenvalue weighted by molar-refractivity contribution is -0.120. The first-order valence-corrected chi connectivity index (χ1v) is 14.7. The van der Waals surface area contributed by atoms with Gasteiger partial charge in [0.25, 0.3) is 6.71 Å². The van der Waals surface area contributed by atoms with Gasteiger partial charge in [0.1, 0.15) is 5.65 Å². The Bertz CT molecular complexity index is 1340. The minimum Gasteiger partial charge on any atom is -0.329 e. The maximum absolute atomic E-state index is 14.7. The Balaban J connectivity index is 1.06. The molecule has 40 heavy (non-hydrogen) atoms. The minimum atomic E-state index is -2.74. The third kappa shape index (κ3) is 5.11. The highest BCUT2D eigenvalue weighted by Gasteiger charge is 2.48. The first kappa shape index (κ1) is 27.2. The Morgan fingerprint density at radius 2 is 1.90 bits per heavy atom. The second-order valence-electron chi connectivity index (χ2n) is 12.6. The smallest absolute Gasteiger partial charge is 0.328 e. The second kappa shape index (κ2) is 10.4. The number of amides is 3. The Kier molecular flexibility index (Phi) is 7.10. The zero-order valence-corrected chi connectivity index (χ0v) is 23.2. The van der Waals surface area contributed by atoms with Crippen LogP contribution in [0.2, 0.25) is 12.6 Å². The third-order valence-electron chi connectivity index (χ3n) is 10.2. The monoisotopic (exact) mass is 550 g/mol. The third-order valence-corrected chi connectivity index (χ3v) is 10.2. The summed E-state index contributed by atoms with van der Waals surface area (Å²) in [7, 11) is 0. The van der Waals surface area contributed by atoms with E-state index in [0.29, 0.717) is 43.0 Å². The molecule has 1 atom stereocenters. The molecule has 0 bridgehead atoms. The number of imide groups is 1. The Morgan fingerprint density at radius 3 is 2.58 bits per heavy atom. The predicted molar refractivity (Wildman–Crippen MR) is 150 cm³/mol. The topological polar surface area (TPSA) is 94.3 Å². The van der Waals surface area contributed by atoms with Crippen LogP contribution < -0.4 is 10.2 Å². The molecular formula is C29H37BF2N6O2. The van der Waals surface area contributed by atoms with Gasteiger partial charge in [-0.15, -0.1) is 0 Å². The van der Waals surface area contributed by atoms with Crippen LogP contribution in [0, 0.1) is 29.5 Å². The van der Waals surface area contributed by atoms with E-state index >= 15 is 0 Å². The highest BCUT2D eigenvalue weighted by molar-refractivity contribution is 6.67. The number of pyridine rings is 1. The van der Waals surface area contributed by atoms with Gasteiger partial charge in [0.05, 0.1) is 11.9 Å². The van der Waals surface area contributed by atoms with E-state index in [2.05, 4.69) is 27.9 Å². The van der Waals surface area contributed by atoms with Gasteiger partial charge in [-0.1, -0.05) is 6.32 Å². The number of likely N-dealkylation sites (tertiary alicyclic amines) is 1. The van der Waals surface area contributed by atoms with Gasteiger partial charge in [0, 0.05) is 55.3 Å². The maximum Gasteiger partial charge on any atom is 0.328 e. The molecule has 8 nitrogen and oxygen atoms in total. The average Bonchev–Trinajstić information content (AvgIpc) is 3.27. The van der Waals surface area contributed by atoms with Gasteiger partial charge in [0.2, 0.25) is 11.8 Å². The van der Waals surface area contributed by atoms with Crippen molar-refractivity contribution in [1.29, 1.82) is 5.26 Å². The fourth-order valence-corrected chi connectivity index (χ4v) is 7.58. The molecule has 1 spiro atoms. The highest BCUT2D eigenvalue weighted by Crippen LogP contribution is 2.49. The van der Waals surface area contributed by atoms with Crippen LogP contribution in [0.25, 0.3) is 11.0 Å². The normalized spacial score (nSPS) is 25.8. The Hall–Kier alpha value is -3.00. The largest absolute Gasteiger partial charge is 0.329 e. The summed E-state index contributed by atoms with van der Waals surface area (Å²) in [5.41, 5.74) is 3.04. The number of piperidine rings is 1. The number of nitriles is 1. The van der Waals surface area contributed by atoms with Crippen LogP contribution in [0.15, 0.2) is 18.5 Å². The molecule has 0 aromatic carbocycles. The van der Waals surface area contributed by atoms with Gasteiger partial charge in [-0.25, -0.2) is 23.8 Å². The molecule has 2 aromatic heterocycles. The van der Waals surface area contributed by atoms with Crippen molar-refractivity contribution in [2.45, 2.75) is 82.9 Å². The fraction of sp³-hybridized carbons (Fsp3) is 0.655. The number of carbonyl (C=O) groups excluding carboxylic acids is 2. The van der Waals surface area contributed by atoms with Crippen LogP contribution in [0.4, 0.5) is 19.3 Å². The number of fused-ring (bicyclic) bond motifs is 1. The number of nitrogens with one attached hydrogen (secondary N) is 1. The van der Waals surface area contributed by atoms with E-state index in [1.807, 2.05) is 12.0 Å². The van der Waals surface area contributed by atoms with E-state index in [-0.39, 0.29) is 18.6 Å². The van der Waals surface area contributed by atoms with Crippen LogP contribution >= 0.6 is 0 Å². The van der Waals surface area contributed by atoms with Gasteiger partial charge in [0.15, 0.2) is 0 Å². The quantitative estimate of drug-likeness (QED) is 0.529. The number of nitrogens with zero attached hydrogens (tertiary/aromatic N) is 5. The zero-order valence-electron chi connectivity index (χ0n) is 23.2. The minimum absolute atomic E-state index is 0.251. The standard InChI is InChI=1S/C29H37BF2N6O2/c1-20-16-38(26-24(20)14-23(15-34-26)37-11-5-25(39)35-27(37)40)22-2-6-28(7-3-22)8-12-36(13-9-28)17-21-4-10-30(19-33)18-29(21,31)32/h14-16,21-22H,2-13,17-18H2,1H3,(H,35,39,40). The number of aromatic nitrogens is 2. The second-order valence-corrected chi connectivity index (χ2v) is 12.6. The number of halogens is 2. The molecule has 1 N–H and O–H groups in total. The summed E-state index contributed by atoms with van der Waals surface area (Å²) in [6.07, 6.45) is 11.5. The summed E-state index contributed by atoms with van der Waals surface area (Å²) in [4.78, 5) is 32.4. The lowest BCUT2D eigenvalue weighted by Gasteiger charge is -2.47. The van der Waals surface area contributed by atoms with Crippen molar-refractivity contribution in [2.75, 3.05) is 31.1 Å². The van der Waals surface area contributed by atoms with Crippen molar-refractivity contribution in [3.8, 4) is 5.97 Å². The Labute approximate surface area is 234 Å². The molecule has 3 amide bonds. The van der Waals surface area contributed by atoms with Crippen molar-refractivity contribution in [1.82, 2.24) is 19.8 Å². The summed E-state index contributed by atoms with van der Waals surface area (Å²) in [5, 5.41) is 12.5. The predicted octanol–water partition coefficient (Wildman–Crippen LogP) is 5.20. The number of carbonyl (C=O) groups is 2. The van der Waals surface area contributed by atoms with Crippen molar-refractivity contribution < 1.29 is 18.4 Å². The number of alkyl halides is 2. The summed E-state index contributed by atoms with van der Waals surface area (Å²) < 4.78 is 31.6. The van der Waals surface area contributed by atoms with E-state index in [1.165, 1.54) is 0 Å². The lowest BCUT2D eigenvalue weighted by Crippen LogP contribution is -2.49. The van der Waals surface area contributed by atoms with Crippen LogP contribution in [-0.2, 0) is 4.79 Å². The van der Waals surface area contributed by atoms with Crippen LogP contribution in [-0.4, -0.2) is 65.2 Å². The molecule has 3 saturated heterocycles. The van der Waals surface area contributed by atoms with E-state index in [1.54, 1.807) is 11.1 Å². The van der Waals surface area contributed by atoms with Gasteiger partial charge < -0.3 is 9.47 Å². The number of anilines is 1. The SMILES string of the molecule is Cc1cn(C2CCC3(CC2)CCN(CC2CCB(C#N)CC2(F)F)CC3)c2ncc(N3CCC(=O)NC3=O)cc12. The molecule has 212 valence electrons. The highest BCUT2D eigenvalue weighted by atomic mass is 19.3. The number of aryl methyl sites for hydroxylation is 1. The van der Waals surface area contributed by atoms with Gasteiger partial charge in [-0.05, 0) is 82.0 Å². The van der Waals surface area contributed by atoms with Crippen molar-refractivity contribution >= 4 is 35.4 Å². The fourth-order valence-electron chi connectivity index (χ4n) is 7.58. The molecule has 6 rings (SSSR count). The molecule has 0 radical (unpaired) electrons. The molecule has 4 fully saturated rings. The molecular weight excluding hydrogens is 513 g/mol. The molecule has 5 heterocycles. The molecule has 4 aliphatic rings. The zero-order chi connectivity index (χ0) is 28.1. The molecule has 1 saturated carbocycles. The van der Waals surface area contributed by atoms with Gasteiger partial charge >= 0.3 is 6.03 Å². The Morgan fingerprint density at radius 1 is 1.15 bits per heavy atom. The number of hydrogen-bond acceptors (Lipinski definition) is 5. The van der Waals surface area contributed by atoms with Gasteiger partial charge in [-0.2, -0.15) is 0 Å². The summed E-state index contributed by atoms with van der Waals surface area (Å²) in [6.45, 7) is 4.12. The van der Waals surface area contributed by atoms with E-state index in [0.717, 1.165) is 68.2 Å². The summed E-state index contributed by atoms with van der Waals surface area (Å²) in [6, 6.07) is 1.96. The van der Waals surface area contributed by atoms with Crippen LogP contribution in [0.5, 0.6) is 0 Å². The van der Waals surface area contributed by atoms with Crippen LogP contribution in [0.1, 0.15) is 63.0 Å². The first-order valence-electron chi connectivity index (χ1n) is 14.7. The van der Waals surface area contributed by atoms with Crippen molar-refractivity contribution in [2.24, 2.45) is 11.3 Å². The van der Waals surface area contributed by atoms with Crippen molar-refractivity contribution in [3.05, 3.63) is 24.0 Å². The van der Waals surface area contributed by atoms with E-state index in [4.69, 9.17) is 10.2 Å². The number of urea groups is 1. The number of hydrogen-bond donors (Lipinski definition) is 1. The van der Waals surface area contributed by atoms with E-state index in [9.17, 15) is 18.4 Å². The van der Waals surface area contributed by atoms with E-state index < -0.39 is 24.6 Å². The maximum atomic E-state index is 14.7.